The van der Waals surface area contributed by atoms with Crippen molar-refractivity contribution < 1.29 is 4.79 Å². The number of amides is 1. The second kappa shape index (κ2) is 7.23. The van der Waals surface area contributed by atoms with Crippen molar-refractivity contribution in [2.24, 2.45) is 0 Å². The fourth-order valence-electron chi connectivity index (χ4n) is 3.16. The number of aryl methyl sites for hydroxylation is 2. The molecule has 0 aliphatic heterocycles. The van der Waals surface area contributed by atoms with Gasteiger partial charge < -0.3 is 10.3 Å². The van der Waals surface area contributed by atoms with E-state index in [0.29, 0.717) is 29.6 Å². The smallest absolute Gasteiger partial charge is 0.251 e. The molecule has 4 rings (SSSR count). The molecule has 0 radical (unpaired) electrons. The van der Waals surface area contributed by atoms with E-state index in [-0.39, 0.29) is 11.5 Å². The number of rotatable bonds is 4. The van der Waals surface area contributed by atoms with E-state index < -0.39 is 0 Å². The highest BCUT2D eigenvalue weighted by Gasteiger charge is 2.09. The van der Waals surface area contributed by atoms with Gasteiger partial charge in [0.15, 0.2) is 0 Å². The van der Waals surface area contributed by atoms with Crippen LogP contribution in [0.1, 0.15) is 27.3 Å². The second-order valence-corrected chi connectivity index (χ2v) is 6.81. The number of fused-ring (bicyclic) bond motifs is 2. The van der Waals surface area contributed by atoms with Gasteiger partial charge in [-0.15, -0.1) is 0 Å². The maximum Gasteiger partial charge on any atom is 0.251 e. The maximum atomic E-state index is 12.5. The molecule has 2 N–H and O–H groups in total. The number of hydrogen-bond acceptors (Lipinski definition) is 4. The number of H-pyrrole nitrogens is 1. The third kappa shape index (κ3) is 3.49. The predicted molar refractivity (Wildman–Crippen MR) is 110 cm³/mol. The van der Waals surface area contributed by atoms with Gasteiger partial charge in [0.05, 0.1) is 22.4 Å². The van der Waals surface area contributed by atoms with E-state index in [4.69, 9.17) is 0 Å². The molecule has 0 atom stereocenters. The Labute approximate surface area is 161 Å². The zero-order chi connectivity index (χ0) is 19.7. The van der Waals surface area contributed by atoms with Gasteiger partial charge >= 0.3 is 0 Å². The number of benzene rings is 2. The number of aromatic amines is 1. The summed E-state index contributed by atoms with van der Waals surface area (Å²) in [5.74, 6) is -0.195. The van der Waals surface area contributed by atoms with E-state index >= 15 is 0 Å². The number of carbonyl (C=O) groups is 1. The van der Waals surface area contributed by atoms with Crippen LogP contribution in [0.25, 0.3) is 21.9 Å². The standard InChI is InChI=1S/C22H20N4O2/c1-13-14(2)25-20-12-16(7-8-19(20)24-13)21(27)23-10-9-17-11-15-5-3-4-6-18(15)26-22(17)28/h3-8,11-12H,9-10H2,1-2H3,(H,23,27)(H,26,28). The van der Waals surface area contributed by atoms with E-state index in [1.54, 1.807) is 18.2 Å². The first-order chi connectivity index (χ1) is 13.5. The third-order valence-corrected chi connectivity index (χ3v) is 4.85. The van der Waals surface area contributed by atoms with Gasteiger partial charge in [0.1, 0.15) is 0 Å². The summed E-state index contributed by atoms with van der Waals surface area (Å²) in [5, 5.41) is 3.85. The molecule has 0 bridgehead atoms. The van der Waals surface area contributed by atoms with Crippen LogP contribution < -0.4 is 10.9 Å². The molecule has 6 heteroatoms. The number of para-hydroxylation sites is 1. The van der Waals surface area contributed by atoms with E-state index in [1.165, 1.54) is 0 Å². The van der Waals surface area contributed by atoms with Crippen molar-refractivity contribution in [3.63, 3.8) is 0 Å². The topological polar surface area (TPSA) is 87.7 Å². The average molecular weight is 372 g/mol. The Morgan fingerprint density at radius 3 is 2.57 bits per heavy atom. The lowest BCUT2D eigenvalue weighted by Gasteiger charge is -2.08. The lowest BCUT2D eigenvalue weighted by molar-refractivity contribution is 0.0954. The van der Waals surface area contributed by atoms with Crippen molar-refractivity contribution in [1.29, 1.82) is 0 Å². The molecule has 0 fully saturated rings. The van der Waals surface area contributed by atoms with Gasteiger partial charge in [0.2, 0.25) is 0 Å². The first-order valence-corrected chi connectivity index (χ1v) is 9.15. The Morgan fingerprint density at radius 2 is 1.75 bits per heavy atom. The highest BCUT2D eigenvalue weighted by atomic mass is 16.1. The molecule has 0 aliphatic rings. The molecule has 1 amide bonds. The Bertz CT molecular complexity index is 1260. The van der Waals surface area contributed by atoms with Crippen LogP contribution in [0.3, 0.4) is 0 Å². The summed E-state index contributed by atoms with van der Waals surface area (Å²) in [6.45, 7) is 4.18. The van der Waals surface area contributed by atoms with Crippen LogP contribution >= 0.6 is 0 Å². The highest BCUT2D eigenvalue weighted by Crippen LogP contribution is 2.15. The molecule has 2 aromatic carbocycles. The molecule has 0 aliphatic carbocycles. The number of aromatic nitrogens is 3. The van der Waals surface area contributed by atoms with Crippen LogP contribution in [0, 0.1) is 13.8 Å². The van der Waals surface area contributed by atoms with Crippen molar-refractivity contribution in [1.82, 2.24) is 20.3 Å². The molecular formula is C22H20N4O2. The van der Waals surface area contributed by atoms with Crippen molar-refractivity contribution in [2.45, 2.75) is 20.3 Å². The minimum absolute atomic E-state index is 0.125. The Morgan fingerprint density at radius 1 is 1.00 bits per heavy atom. The Balaban J connectivity index is 1.47. The molecule has 4 aromatic rings. The second-order valence-electron chi connectivity index (χ2n) is 6.81. The molecule has 6 nitrogen and oxygen atoms in total. The van der Waals surface area contributed by atoms with E-state index in [9.17, 15) is 9.59 Å². The Kier molecular flexibility index (Phi) is 4.61. The molecular weight excluding hydrogens is 352 g/mol. The van der Waals surface area contributed by atoms with Gasteiger partial charge in [-0.05, 0) is 56.0 Å². The van der Waals surface area contributed by atoms with Crippen LogP contribution in [-0.4, -0.2) is 27.4 Å². The Hall–Kier alpha value is -3.54. The van der Waals surface area contributed by atoms with Crippen molar-refractivity contribution >= 4 is 27.8 Å². The van der Waals surface area contributed by atoms with Crippen molar-refractivity contribution in [3.8, 4) is 0 Å². The van der Waals surface area contributed by atoms with E-state index in [0.717, 1.165) is 27.8 Å². The molecule has 0 saturated carbocycles. The average Bonchev–Trinajstić information content (AvgIpc) is 2.68. The quantitative estimate of drug-likeness (QED) is 0.576. The molecule has 0 saturated heterocycles. The fourth-order valence-corrected chi connectivity index (χ4v) is 3.16. The highest BCUT2D eigenvalue weighted by molar-refractivity contribution is 5.97. The first-order valence-electron chi connectivity index (χ1n) is 9.15. The van der Waals surface area contributed by atoms with Crippen LogP contribution in [0.5, 0.6) is 0 Å². The molecule has 0 unspecified atom stereocenters. The summed E-state index contributed by atoms with van der Waals surface area (Å²) in [6, 6.07) is 14.8. The number of nitrogens with zero attached hydrogens (tertiary/aromatic N) is 2. The molecule has 28 heavy (non-hydrogen) atoms. The minimum atomic E-state index is -0.195. The number of carbonyl (C=O) groups excluding carboxylic acids is 1. The molecule has 2 aromatic heterocycles. The van der Waals surface area contributed by atoms with E-state index in [1.807, 2.05) is 44.2 Å². The largest absolute Gasteiger partial charge is 0.352 e. The third-order valence-electron chi connectivity index (χ3n) is 4.85. The lowest BCUT2D eigenvalue weighted by atomic mass is 10.1. The normalized spacial score (nSPS) is 11.1. The summed E-state index contributed by atoms with van der Waals surface area (Å²) in [6.07, 6.45) is 0.456. The van der Waals surface area contributed by atoms with Crippen LogP contribution in [0.4, 0.5) is 0 Å². The van der Waals surface area contributed by atoms with Crippen LogP contribution in [0.2, 0.25) is 0 Å². The molecule has 0 spiro atoms. The summed E-state index contributed by atoms with van der Waals surface area (Å²) in [5.41, 5.74) is 5.05. The van der Waals surface area contributed by atoms with Gasteiger partial charge in [0.25, 0.3) is 11.5 Å². The van der Waals surface area contributed by atoms with Crippen LogP contribution in [-0.2, 0) is 6.42 Å². The lowest BCUT2D eigenvalue weighted by Crippen LogP contribution is -2.27. The SMILES string of the molecule is Cc1nc2ccc(C(=O)NCCc3cc4ccccc4[nH]c3=O)cc2nc1C. The first kappa shape index (κ1) is 17.9. The van der Waals surface area contributed by atoms with Gasteiger partial charge in [-0.25, -0.2) is 9.97 Å². The van der Waals surface area contributed by atoms with Gasteiger partial charge in [-0.2, -0.15) is 0 Å². The minimum Gasteiger partial charge on any atom is -0.352 e. The van der Waals surface area contributed by atoms with Gasteiger partial charge in [0, 0.05) is 23.2 Å². The summed E-state index contributed by atoms with van der Waals surface area (Å²) < 4.78 is 0. The zero-order valence-electron chi connectivity index (χ0n) is 15.7. The fraction of sp³-hybridized carbons (Fsp3) is 0.182. The van der Waals surface area contributed by atoms with Gasteiger partial charge in [-0.1, -0.05) is 18.2 Å². The molecule has 140 valence electrons. The van der Waals surface area contributed by atoms with Crippen molar-refractivity contribution in [3.05, 3.63) is 81.4 Å². The number of pyridine rings is 1. The van der Waals surface area contributed by atoms with Crippen molar-refractivity contribution in [2.75, 3.05) is 6.54 Å². The number of hydrogen-bond donors (Lipinski definition) is 2. The van der Waals surface area contributed by atoms with Gasteiger partial charge in [-0.3, -0.25) is 9.59 Å². The number of nitrogens with one attached hydrogen (secondary N) is 2. The maximum absolute atomic E-state index is 12.5. The predicted octanol–water partition coefficient (Wildman–Crippen LogP) is 3.06. The monoisotopic (exact) mass is 372 g/mol. The molecule has 2 heterocycles. The van der Waals surface area contributed by atoms with E-state index in [2.05, 4.69) is 20.3 Å². The summed E-state index contributed by atoms with van der Waals surface area (Å²) in [4.78, 5) is 36.5. The summed E-state index contributed by atoms with van der Waals surface area (Å²) >= 11 is 0. The van der Waals surface area contributed by atoms with Crippen LogP contribution in [0.15, 0.2) is 53.3 Å². The summed E-state index contributed by atoms with van der Waals surface area (Å²) in [7, 11) is 0. The zero-order valence-corrected chi connectivity index (χ0v) is 15.7.